The normalized spacial score (nSPS) is 10.4. The number of hydrogen-bond donors (Lipinski definition) is 1. The minimum atomic E-state index is -0.170. The maximum Gasteiger partial charge on any atom is 0.224 e. The standard InChI is InChI=1S/C15H13BrClNO2S/c1-9-8-10(16)2-3-11(9)18-15(20)7-4-12(19)13-5-6-14(17)21-13/h2-3,5-6,8H,4,7H2,1H3,(H,18,20). The third kappa shape index (κ3) is 4.66. The summed E-state index contributed by atoms with van der Waals surface area (Å²) in [6.07, 6.45) is 0.335. The molecule has 0 aliphatic heterocycles. The molecule has 1 aromatic heterocycles. The highest BCUT2D eigenvalue weighted by atomic mass is 79.9. The van der Waals surface area contributed by atoms with Crippen molar-refractivity contribution < 1.29 is 9.59 Å². The van der Waals surface area contributed by atoms with Gasteiger partial charge in [0, 0.05) is 23.0 Å². The van der Waals surface area contributed by atoms with E-state index < -0.39 is 0 Å². The molecule has 0 radical (unpaired) electrons. The number of carbonyl (C=O) groups excluding carboxylic acids is 2. The highest BCUT2D eigenvalue weighted by molar-refractivity contribution is 9.10. The second-order valence-electron chi connectivity index (χ2n) is 4.53. The Morgan fingerprint density at radius 3 is 2.62 bits per heavy atom. The molecule has 1 aromatic carbocycles. The number of amides is 1. The third-order valence-corrected chi connectivity index (χ3v) is 4.66. The van der Waals surface area contributed by atoms with Crippen LogP contribution in [0.4, 0.5) is 5.69 Å². The maximum absolute atomic E-state index is 11.9. The van der Waals surface area contributed by atoms with Crippen LogP contribution in [0.1, 0.15) is 28.1 Å². The number of halogens is 2. The van der Waals surface area contributed by atoms with Crippen molar-refractivity contribution in [2.75, 3.05) is 5.32 Å². The van der Waals surface area contributed by atoms with Gasteiger partial charge in [0.2, 0.25) is 5.91 Å². The molecule has 0 aliphatic rings. The van der Waals surface area contributed by atoms with Gasteiger partial charge in [0.1, 0.15) is 0 Å². The van der Waals surface area contributed by atoms with Crippen LogP contribution in [0.3, 0.4) is 0 Å². The van der Waals surface area contributed by atoms with Gasteiger partial charge in [-0.25, -0.2) is 0 Å². The van der Waals surface area contributed by atoms with E-state index in [9.17, 15) is 9.59 Å². The van der Waals surface area contributed by atoms with Gasteiger partial charge in [-0.1, -0.05) is 27.5 Å². The number of hydrogen-bond acceptors (Lipinski definition) is 3. The van der Waals surface area contributed by atoms with Gasteiger partial charge < -0.3 is 5.32 Å². The number of ketones is 1. The number of carbonyl (C=O) groups is 2. The fourth-order valence-corrected chi connectivity index (χ4v) is 3.28. The van der Waals surface area contributed by atoms with Crippen molar-refractivity contribution in [3.63, 3.8) is 0 Å². The summed E-state index contributed by atoms with van der Waals surface area (Å²) in [5.41, 5.74) is 1.73. The number of thiophene rings is 1. The molecule has 0 spiro atoms. The number of Topliss-reactive ketones (excluding diaryl/α,β-unsaturated/α-hetero) is 1. The minimum Gasteiger partial charge on any atom is -0.326 e. The number of nitrogens with one attached hydrogen (secondary N) is 1. The fourth-order valence-electron chi connectivity index (χ4n) is 1.79. The Labute approximate surface area is 140 Å². The van der Waals surface area contributed by atoms with E-state index in [2.05, 4.69) is 21.2 Å². The van der Waals surface area contributed by atoms with Crippen molar-refractivity contribution in [2.24, 2.45) is 0 Å². The zero-order valence-electron chi connectivity index (χ0n) is 11.3. The van der Waals surface area contributed by atoms with E-state index in [-0.39, 0.29) is 24.5 Å². The third-order valence-electron chi connectivity index (χ3n) is 2.89. The number of rotatable bonds is 5. The van der Waals surface area contributed by atoms with Gasteiger partial charge in [-0.15, -0.1) is 11.3 Å². The fraction of sp³-hybridized carbons (Fsp3) is 0.200. The molecule has 21 heavy (non-hydrogen) atoms. The number of anilines is 1. The second-order valence-corrected chi connectivity index (χ2v) is 7.17. The lowest BCUT2D eigenvalue weighted by molar-refractivity contribution is -0.116. The van der Waals surface area contributed by atoms with Gasteiger partial charge >= 0.3 is 0 Å². The molecule has 110 valence electrons. The van der Waals surface area contributed by atoms with Crippen molar-refractivity contribution in [3.05, 3.63) is 49.6 Å². The summed E-state index contributed by atoms with van der Waals surface area (Å²) in [6.45, 7) is 1.92. The summed E-state index contributed by atoms with van der Waals surface area (Å²) in [7, 11) is 0. The molecule has 0 unspecified atom stereocenters. The van der Waals surface area contributed by atoms with Crippen molar-refractivity contribution in [2.45, 2.75) is 19.8 Å². The summed E-state index contributed by atoms with van der Waals surface area (Å²) in [4.78, 5) is 24.4. The van der Waals surface area contributed by atoms with Crippen LogP contribution in [0.5, 0.6) is 0 Å². The molecule has 6 heteroatoms. The van der Waals surface area contributed by atoms with Crippen molar-refractivity contribution in [1.29, 1.82) is 0 Å². The van der Waals surface area contributed by atoms with E-state index in [4.69, 9.17) is 11.6 Å². The molecule has 0 aliphatic carbocycles. The topological polar surface area (TPSA) is 46.2 Å². The molecule has 0 bridgehead atoms. The molecule has 2 aromatic rings. The SMILES string of the molecule is Cc1cc(Br)ccc1NC(=O)CCC(=O)c1ccc(Cl)s1. The van der Waals surface area contributed by atoms with Crippen LogP contribution >= 0.6 is 38.9 Å². The Balaban J connectivity index is 1.89. The van der Waals surface area contributed by atoms with Crippen LogP contribution in [0.2, 0.25) is 4.34 Å². The van der Waals surface area contributed by atoms with Gasteiger partial charge in [0.05, 0.1) is 9.21 Å². The van der Waals surface area contributed by atoms with Gasteiger partial charge in [-0.05, 0) is 42.8 Å². The van der Waals surface area contributed by atoms with Crippen LogP contribution in [-0.2, 0) is 4.79 Å². The number of benzene rings is 1. The van der Waals surface area contributed by atoms with Crippen LogP contribution in [0, 0.1) is 6.92 Å². The van der Waals surface area contributed by atoms with Gasteiger partial charge in [-0.2, -0.15) is 0 Å². The maximum atomic E-state index is 11.9. The summed E-state index contributed by atoms with van der Waals surface area (Å²) in [6, 6.07) is 8.99. The van der Waals surface area contributed by atoms with Crippen molar-refractivity contribution in [1.82, 2.24) is 0 Å². The van der Waals surface area contributed by atoms with Crippen LogP contribution < -0.4 is 5.32 Å². The predicted octanol–water partition coefficient (Wildman–Crippen LogP) is 5.07. The molecule has 0 saturated carbocycles. The molecule has 0 atom stereocenters. The smallest absolute Gasteiger partial charge is 0.224 e. The van der Waals surface area contributed by atoms with Gasteiger partial charge in [-0.3, -0.25) is 9.59 Å². The average molecular weight is 387 g/mol. The van der Waals surface area contributed by atoms with Gasteiger partial charge in [0.15, 0.2) is 5.78 Å². The van der Waals surface area contributed by atoms with E-state index in [1.807, 2.05) is 25.1 Å². The van der Waals surface area contributed by atoms with Crippen molar-refractivity contribution >= 4 is 56.2 Å². The molecule has 0 fully saturated rings. The second kappa shape index (κ2) is 7.20. The molecule has 1 N–H and O–H groups in total. The summed E-state index contributed by atoms with van der Waals surface area (Å²) in [5.74, 6) is -0.231. The lowest BCUT2D eigenvalue weighted by Crippen LogP contribution is -2.13. The highest BCUT2D eigenvalue weighted by Crippen LogP contribution is 2.23. The first-order chi connectivity index (χ1) is 9.95. The molecular formula is C15H13BrClNO2S. The zero-order valence-corrected chi connectivity index (χ0v) is 14.4. The predicted molar refractivity (Wildman–Crippen MR) is 90.4 cm³/mol. The molecular weight excluding hydrogens is 374 g/mol. The Morgan fingerprint density at radius 1 is 1.24 bits per heavy atom. The summed E-state index contributed by atoms with van der Waals surface area (Å²) < 4.78 is 1.54. The lowest BCUT2D eigenvalue weighted by Gasteiger charge is -2.08. The van der Waals surface area contributed by atoms with E-state index in [0.717, 1.165) is 15.7 Å². The minimum absolute atomic E-state index is 0.0606. The van der Waals surface area contributed by atoms with E-state index in [1.165, 1.54) is 11.3 Å². The Kier molecular flexibility index (Phi) is 5.56. The van der Waals surface area contributed by atoms with Crippen LogP contribution in [0.15, 0.2) is 34.8 Å². The largest absolute Gasteiger partial charge is 0.326 e. The lowest BCUT2D eigenvalue weighted by atomic mass is 10.1. The summed E-state index contributed by atoms with van der Waals surface area (Å²) in [5, 5.41) is 2.81. The Morgan fingerprint density at radius 2 is 2.00 bits per heavy atom. The molecule has 1 amide bonds. The Bertz CT molecular complexity index is 684. The van der Waals surface area contributed by atoms with Gasteiger partial charge in [0.25, 0.3) is 0 Å². The molecule has 1 heterocycles. The number of aryl methyl sites for hydroxylation is 1. The van der Waals surface area contributed by atoms with Crippen LogP contribution in [-0.4, -0.2) is 11.7 Å². The van der Waals surface area contributed by atoms with E-state index in [0.29, 0.717) is 9.21 Å². The Hall–Kier alpha value is -1.17. The average Bonchev–Trinajstić information content (AvgIpc) is 2.86. The highest BCUT2D eigenvalue weighted by Gasteiger charge is 2.12. The summed E-state index contributed by atoms with van der Waals surface area (Å²) >= 11 is 10.4. The van der Waals surface area contributed by atoms with E-state index in [1.54, 1.807) is 12.1 Å². The van der Waals surface area contributed by atoms with Crippen LogP contribution in [0.25, 0.3) is 0 Å². The monoisotopic (exact) mass is 385 g/mol. The van der Waals surface area contributed by atoms with E-state index >= 15 is 0 Å². The molecule has 2 rings (SSSR count). The zero-order chi connectivity index (χ0) is 15.4. The molecule has 3 nitrogen and oxygen atoms in total. The molecule has 0 saturated heterocycles. The van der Waals surface area contributed by atoms with Crippen molar-refractivity contribution in [3.8, 4) is 0 Å². The first-order valence-corrected chi connectivity index (χ1v) is 8.29. The first-order valence-electron chi connectivity index (χ1n) is 6.30. The quantitative estimate of drug-likeness (QED) is 0.729. The first kappa shape index (κ1) is 16.2.